The molecule has 31 heavy (non-hydrogen) atoms. The topological polar surface area (TPSA) is 75.7 Å². The number of hydrogen-bond acceptors (Lipinski definition) is 4. The number of anilines is 2. The zero-order valence-electron chi connectivity index (χ0n) is 17.3. The Hall–Kier alpha value is -2.75. The molecule has 168 valence electrons. The van der Waals surface area contributed by atoms with Gasteiger partial charge in [0.2, 0.25) is 5.91 Å². The summed E-state index contributed by atoms with van der Waals surface area (Å²) in [6.07, 6.45) is -3.83. The second kappa shape index (κ2) is 8.07. The van der Waals surface area contributed by atoms with Gasteiger partial charge in [0.05, 0.1) is 27.2 Å². The lowest BCUT2D eigenvalue weighted by molar-refractivity contribution is -0.137. The van der Waals surface area contributed by atoms with Crippen molar-refractivity contribution < 1.29 is 31.1 Å². The Morgan fingerprint density at radius 2 is 1.77 bits per heavy atom. The van der Waals surface area contributed by atoms with Gasteiger partial charge in [0.15, 0.2) is 0 Å². The van der Waals surface area contributed by atoms with Crippen molar-refractivity contribution in [2.45, 2.75) is 38.3 Å². The number of carbonyl (C=O) groups excluding carboxylic acids is 1. The maximum atomic E-state index is 12.9. The van der Waals surface area contributed by atoms with Gasteiger partial charge >= 0.3 is 6.18 Å². The van der Waals surface area contributed by atoms with E-state index in [4.69, 9.17) is 4.74 Å². The van der Waals surface area contributed by atoms with Gasteiger partial charge in [-0.1, -0.05) is 6.92 Å². The molecule has 0 aromatic heterocycles. The fraction of sp³-hybridized carbons (Fsp3) is 0.381. The van der Waals surface area contributed by atoms with Crippen LogP contribution in [0.4, 0.5) is 24.5 Å². The van der Waals surface area contributed by atoms with Crippen molar-refractivity contribution in [1.82, 2.24) is 0 Å². The van der Waals surface area contributed by atoms with Gasteiger partial charge in [-0.15, -0.1) is 0 Å². The Kier molecular flexibility index (Phi) is 5.96. The molecule has 1 amide bonds. The van der Waals surface area contributed by atoms with Gasteiger partial charge in [0.1, 0.15) is 12.4 Å². The van der Waals surface area contributed by atoms with E-state index in [0.717, 1.165) is 18.6 Å². The van der Waals surface area contributed by atoms with Gasteiger partial charge in [-0.2, -0.15) is 13.2 Å². The molecule has 6 nitrogen and oxygen atoms in total. The van der Waals surface area contributed by atoms with E-state index in [1.165, 1.54) is 12.1 Å². The summed E-state index contributed by atoms with van der Waals surface area (Å²) in [5, 5.41) is 0. The van der Waals surface area contributed by atoms with E-state index in [9.17, 15) is 26.4 Å². The molecule has 1 aliphatic rings. The van der Waals surface area contributed by atoms with Crippen molar-refractivity contribution in [3.8, 4) is 5.75 Å². The molecule has 0 saturated heterocycles. The lowest BCUT2D eigenvalue weighted by atomic mass is 9.93. The van der Waals surface area contributed by atoms with E-state index < -0.39 is 27.2 Å². The molecule has 2 aromatic rings. The van der Waals surface area contributed by atoms with E-state index in [-0.39, 0.29) is 23.1 Å². The minimum atomic E-state index is -4.56. The van der Waals surface area contributed by atoms with Crippen LogP contribution in [-0.4, -0.2) is 27.5 Å². The van der Waals surface area contributed by atoms with Crippen LogP contribution >= 0.6 is 0 Å². The van der Waals surface area contributed by atoms with Crippen molar-refractivity contribution in [3.05, 3.63) is 48.0 Å². The fourth-order valence-electron chi connectivity index (χ4n) is 3.19. The second-order valence-corrected chi connectivity index (χ2v) is 9.62. The van der Waals surface area contributed by atoms with Gasteiger partial charge in [0.25, 0.3) is 10.0 Å². The first-order valence-corrected chi connectivity index (χ1v) is 11.1. The van der Waals surface area contributed by atoms with Crippen LogP contribution in [-0.2, 0) is 21.0 Å². The van der Waals surface area contributed by atoms with E-state index in [0.29, 0.717) is 30.1 Å². The number of alkyl halides is 3. The summed E-state index contributed by atoms with van der Waals surface area (Å²) >= 11 is 0. The van der Waals surface area contributed by atoms with E-state index in [1.54, 1.807) is 24.8 Å². The summed E-state index contributed by atoms with van der Waals surface area (Å²) in [4.78, 5) is 14.2. The Bertz CT molecular complexity index is 1080. The molecule has 0 fully saturated rings. The van der Waals surface area contributed by atoms with Crippen LogP contribution < -0.4 is 14.4 Å². The third kappa shape index (κ3) is 4.79. The molecule has 0 bridgehead atoms. The number of fused-ring (bicyclic) bond motifs is 1. The van der Waals surface area contributed by atoms with Crippen molar-refractivity contribution in [2.24, 2.45) is 5.41 Å². The molecule has 0 spiro atoms. The molecule has 0 radical (unpaired) electrons. The lowest BCUT2D eigenvalue weighted by Gasteiger charge is -2.27. The van der Waals surface area contributed by atoms with E-state index >= 15 is 0 Å². The first-order valence-electron chi connectivity index (χ1n) is 9.64. The van der Waals surface area contributed by atoms with Crippen molar-refractivity contribution in [2.75, 3.05) is 22.8 Å². The Morgan fingerprint density at radius 1 is 1.13 bits per heavy atom. The van der Waals surface area contributed by atoms with Crippen LogP contribution in [0.3, 0.4) is 0 Å². The average molecular weight is 456 g/mol. The number of benzene rings is 2. The standard InChI is InChI=1S/C21H23F3N2O4S/c1-4-11-26-17-10-7-15(12-18(17)30-13-20(2,3)19(26)27)25-31(28,29)16-8-5-14(6-9-16)21(22,23)24/h5-10,12,25H,4,11,13H2,1-3H3. The minimum absolute atomic E-state index is 0.0915. The first kappa shape index (κ1) is 22.9. The number of amides is 1. The van der Waals surface area contributed by atoms with Gasteiger partial charge < -0.3 is 9.64 Å². The SMILES string of the molecule is CCCN1C(=O)C(C)(C)COc2cc(NS(=O)(=O)c3ccc(C(F)(F)F)cc3)ccc21. The number of nitrogens with zero attached hydrogens (tertiary/aromatic N) is 1. The number of carbonyl (C=O) groups is 1. The summed E-state index contributed by atoms with van der Waals surface area (Å²) < 4.78 is 71.6. The average Bonchev–Trinajstić information content (AvgIpc) is 2.78. The van der Waals surface area contributed by atoms with Gasteiger partial charge in [-0.3, -0.25) is 9.52 Å². The summed E-state index contributed by atoms with van der Waals surface area (Å²) in [7, 11) is -4.12. The molecule has 2 aromatic carbocycles. The predicted octanol–water partition coefficient (Wildman–Crippen LogP) is 4.67. The van der Waals surface area contributed by atoms with Gasteiger partial charge in [-0.05, 0) is 56.7 Å². The van der Waals surface area contributed by atoms with Crippen LogP contribution in [0.25, 0.3) is 0 Å². The smallest absolute Gasteiger partial charge is 0.416 e. The van der Waals surface area contributed by atoms with Crippen molar-refractivity contribution in [1.29, 1.82) is 0 Å². The Balaban J connectivity index is 1.90. The zero-order valence-corrected chi connectivity index (χ0v) is 18.1. The first-order chi connectivity index (χ1) is 14.3. The van der Waals surface area contributed by atoms with Crippen LogP contribution in [0.15, 0.2) is 47.4 Å². The lowest BCUT2D eigenvalue weighted by Crippen LogP contribution is -2.42. The second-order valence-electron chi connectivity index (χ2n) is 7.94. The van der Waals surface area contributed by atoms with Gasteiger partial charge in [0, 0.05) is 12.6 Å². The number of sulfonamides is 1. The number of halogens is 3. The summed E-state index contributed by atoms with van der Waals surface area (Å²) in [5.41, 5.74) is -0.987. The summed E-state index contributed by atoms with van der Waals surface area (Å²) in [6, 6.07) is 7.77. The number of rotatable bonds is 5. The molecular formula is C21H23F3N2O4S. The van der Waals surface area contributed by atoms with Crippen LogP contribution in [0.5, 0.6) is 5.75 Å². The molecule has 0 aliphatic carbocycles. The van der Waals surface area contributed by atoms with Crippen molar-refractivity contribution in [3.63, 3.8) is 0 Å². The third-order valence-electron chi connectivity index (χ3n) is 4.85. The fourth-order valence-corrected chi connectivity index (χ4v) is 4.24. The molecule has 1 aliphatic heterocycles. The zero-order chi connectivity index (χ0) is 23.0. The summed E-state index contributed by atoms with van der Waals surface area (Å²) in [5.74, 6) is 0.256. The minimum Gasteiger partial charge on any atom is -0.490 e. The Morgan fingerprint density at radius 3 is 2.35 bits per heavy atom. The maximum absolute atomic E-state index is 12.9. The van der Waals surface area contributed by atoms with Crippen LogP contribution in [0.2, 0.25) is 0 Å². The van der Waals surface area contributed by atoms with Crippen LogP contribution in [0, 0.1) is 5.41 Å². The molecule has 1 N–H and O–H groups in total. The highest BCUT2D eigenvalue weighted by Gasteiger charge is 2.37. The number of hydrogen-bond donors (Lipinski definition) is 1. The van der Waals surface area contributed by atoms with Crippen molar-refractivity contribution >= 4 is 27.3 Å². The van der Waals surface area contributed by atoms with Crippen LogP contribution in [0.1, 0.15) is 32.8 Å². The molecule has 3 rings (SSSR count). The number of ether oxygens (including phenoxy) is 1. The number of nitrogens with one attached hydrogen (secondary N) is 1. The maximum Gasteiger partial charge on any atom is 0.416 e. The quantitative estimate of drug-likeness (QED) is 0.710. The highest BCUT2D eigenvalue weighted by molar-refractivity contribution is 7.92. The van der Waals surface area contributed by atoms with E-state index in [1.807, 2.05) is 6.92 Å². The predicted molar refractivity (Wildman–Crippen MR) is 111 cm³/mol. The summed E-state index contributed by atoms with van der Waals surface area (Å²) in [6.45, 7) is 6.10. The molecule has 10 heteroatoms. The van der Waals surface area contributed by atoms with Gasteiger partial charge in [-0.25, -0.2) is 8.42 Å². The Labute approximate surface area is 179 Å². The molecule has 1 heterocycles. The third-order valence-corrected chi connectivity index (χ3v) is 6.25. The highest BCUT2D eigenvalue weighted by atomic mass is 32.2. The molecule has 0 unspecified atom stereocenters. The normalized spacial score (nSPS) is 16.3. The molecular weight excluding hydrogens is 433 g/mol. The van der Waals surface area contributed by atoms with E-state index in [2.05, 4.69) is 4.72 Å². The molecule has 0 saturated carbocycles. The highest BCUT2D eigenvalue weighted by Crippen LogP contribution is 2.38. The molecule has 0 atom stereocenters. The monoisotopic (exact) mass is 456 g/mol. The largest absolute Gasteiger partial charge is 0.490 e.